The molecule has 2 aliphatic heterocycles. The number of piperazine rings is 1. The van der Waals surface area contributed by atoms with Crippen molar-refractivity contribution >= 4 is 15.9 Å². The highest BCUT2D eigenvalue weighted by Gasteiger charge is 2.30. The van der Waals surface area contributed by atoms with E-state index in [4.69, 9.17) is 0 Å². The predicted octanol–water partition coefficient (Wildman–Crippen LogP) is 2.73. The fraction of sp³-hybridized carbons (Fsp3) is 0.571. The van der Waals surface area contributed by atoms with E-state index in [9.17, 15) is 0 Å². The molecule has 2 fully saturated rings. The zero-order valence-electron chi connectivity index (χ0n) is 10.1. The Kier molecular flexibility index (Phi) is 3.50. The maximum atomic E-state index is 3.64. The molecule has 0 N–H and O–H groups in total. The van der Waals surface area contributed by atoms with E-state index in [-0.39, 0.29) is 0 Å². The number of hydrogen-bond acceptors (Lipinski definition) is 2. The minimum Gasteiger partial charge on any atom is -0.298 e. The summed E-state index contributed by atoms with van der Waals surface area (Å²) in [5.74, 6) is 0. The molecule has 1 atom stereocenters. The molecular weight excluding hydrogens is 276 g/mol. The summed E-state index contributed by atoms with van der Waals surface area (Å²) in [6.45, 7) is 6.15. The van der Waals surface area contributed by atoms with Gasteiger partial charge < -0.3 is 0 Å². The zero-order chi connectivity index (χ0) is 11.7. The Morgan fingerprint density at radius 3 is 2.94 bits per heavy atom. The van der Waals surface area contributed by atoms with E-state index >= 15 is 0 Å². The molecule has 3 rings (SSSR count). The molecule has 2 saturated heterocycles. The number of hydrogen-bond donors (Lipinski definition) is 0. The topological polar surface area (TPSA) is 6.48 Å². The van der Waals surface area contributed by atoms with Crippen LogP contribution < -0.4 is 0 Å². The van der Waals surface area contributed by atoms with Gasteiger partial charge in [-0.15, -0.1) is 0 Å². The Bertz CT molecular complexity index is 394. The van der Waals surface area contributed by atoms with Gasteiger partial charge in [-0.2, -0.15) is 0 Å². The molecular formula is C14H19BrN2. The number of fused-ring (bicyclic) bond motifs is 1. The van der Waals surface area contributed by atoms with Crippen LogP contribution in [0.25, 0.3) is 0 Å². The summed E-state index contributed by atoms with van der Waals surface area (Å²) in [4.78, 5) is 5.27. The molecule has 92 valence electrons. The minimum atomic E-state index is 0.825. The monoisotopic (exact) mass is 294 g/mol. The van der Waals surface area contributed by atoms with E-state index in [1.165, 1.54) is 49.1 Å². The first kappa shape index (κ1) is 11.7. The molecule has 2 aliphatic rings. The molecule has 0 bridgehead atoms. The van der Waals surface area contributed by atoms with Crippen LogP contribution >= 0.6 is 15.9 Å². The van der Waals surface area contributed by atoms with Crippen molar-refractivity contribution in [2.45, 2.75) is 25.4 Å². The number of nitrogens with zero attached hydrogens (tertiary/aromatic N) is 2. The predicted molar refractivity (Wildman–Crippen MR) is 74.0 cm³/mol. The van der Waals surface area contributed by atoms with Gasteiger partial charge >= 0.3 is 0 Å². The second-order valence-corrected chi connectivity index (χ2v) is 6.01. The van der Waals surface area contributed by atoms with Gasteiger partial charge in [0.25, 0.3) is 0 Å². The summed E-state index contributed by atoms with van der Waals surface area (Å²) in [5.41, 5.74) is 1.42. The van der Waals surface area contributed by atoms with Crippen LogP contribution in [0.5, 0.6) is 0 Å². The lowest BCUT2D eigenvalue weighted by atomic mass is 10.1. The molecule has 0 aromatic heterocycles. The van der Waals surface area contributed by atoms with Crippen molar-refractivity contribution in [2.24, 2.45) is 0 Å². The fourth-order valence-electron chi connectivity index (χ4n) is 3.07. The van der Waals surface area contributed by atoms with Crippen molar-refractivity contribution in [1.29, 1.82) is 0 Å². The second-order valence-electron chi connectivity index (χ2n) is 5.16. The van der Waals surface area contributed by atoms with E-state index in [1.54, 1.807) is 0 Å². The van der Waals surface area contributed by atoms with Crippen molar-refractivity contribution in [3.8, 4) is 0 Å². The van der Waals surface area contributed by atoms with Crippen molar-refractivity contribution in [1.82, 2.24) is 9.80 Å². The van der Waals surface area contributed by atoms with Crippen LogP contribution in [0.1, 0.15) is 18.4 Å². The van der Waals surface area contributed by atoms with Gasteiger partial charge in [-0.05, 0) is 31.0 Å². The molecule has 1 aromatic rings. The van der Waals surface area contributed by atoms with E-state index in [0.29, 0.717) is 0 Å². The van der Waals surface area contributed by atoms with E-state index in [0.717, 1.165) is 12.6 Å². The first-order valence-corrected chi connectivity index (χ1v) is 7.32. The Labute approximate surface area is 112 Å². The molecule has 17 heavy (non-hydrogen) atoms. The van der Waals surface area contributed by atoms with Gasteiger partial charge in [-0.25, -0.2) is 0 Å². The smallest absolute Gasteiger partial charge is 0.0246 e. The Balaban J connectivity index is 1.64. The summed E-state index contributed by atoms with van der Waals surface area (Å²) in [6.07, 6.45) is 2.79. The second kappa shape index (κ2) is 5.09. The van der Waals surface area contributed by atoms with Crippen LogP contribution in [0.2, 0.25) is 0 Å². The van der Waals surface area contributed by atoms with Gasteiger partial charge in [0.2, 0.25) is 0 Å². The highest BCUT2D eigenvalue weighted by molar-refractivity contribution is 9.10. The van der Waals surface area contributed by atoms with Crippen molar-refractivity contribution in [3.05, 3.63) is 34.3 Å². The van der Waals surface area contributed by atoms with Gasteiger partial charge in [-0.3, -0.25) is 9.80 Å². The molecule has 3 heteroatoms. The van der Waals surface area contributed by atoms with Gasteiger partial charge in [0, 0.05) is 36.7 Å². The van der Waals surface area contributed by atoms with E-state index in [1.807, 2.05) is 0 Å². The number of benzene rings is 1. The molecule has 0 aliphatic carbocycles. The molecule has 2 heterocycles. The van der Waals surface area contributed by atoms with Crippen LogP contribution in [-0.2, 0) is 6.54 Å². The largest absolute Gasteiger partial charge is 0.298 e. The highest BCUT2D eigenvalue weighted by atomic mass is 79.9. The van der Waals surface area contributed by atoms with Crippen LogP contribution in [0.3, 0.4) is 0 Å². The lowest BCUT2D eigenvalue weighted by Crippen LogP contribution is -2.49. The Hall–Kier alpha value is -0.380. The Morgan fingerprint density at radius 1 is 1.18 bits per heavy atom. The van der Waals surface area contributed by atoms with Gasteiger partial charge in [0.15, 0.2) is 0 Å². The zero-order valence-corrected chi connectivity index (χ0v) is 11.7. The third kappa shape index (κ3) is 2.56. The van der Waals surface area contributed by atoms with Crippen LogP contribution in [0, 0.1) is 0 Å². The fourth-order valence-corrected chi connectivity index (χ4v) is 3.48. The summed E-state index contributed by atoms with van der Waals surface area (Å²) < 4.78 is 1.24. The minimum absolute atomic E-state index is 0.825. The SMILES string of the molecule is Brc1ccccc1CN1CCN2CCCC2C1. The molecule has 2 nitrogen and oxygen atoms in total. The quantitative estimate of drug-likeness (QED) is 0.828. The molecule has 0 saturated carbocycles. The number of halogens is 1. The molecule has 1 aromatic carbocycles. The van der Waals surface area contributed by atoms with Crippen LogP contribution in [-0.4, -0.2) is 42.0 Å². The average Bonchev–Trinajstić information content (AvgIpc) is 2.79. The highest BCUT2D eigenvalue weighted by Crippen LogP contribution is 2.24. The van der Waals surface area contributed by atoms with E-state index < -0.39 is 0 Å². The third-order valence-electron chi connectivity index (χ3n) is 4.02. The average molecular weight is 295 g/mol. The standard InChI is InChI=1S/C14H19BrN2/c15-14-6-2-1-4-12(14)10-16-8-9-17-7-3-5-13(17)11-16/h1-2,4,6,13H,3,5,7-11H2. The molecule has 0 spiro atoms. The lowest BCUT2D eigenvalue weighted by Gasteiger charge is -2.37. The Morgan fingerprint density at radius 2 is 2.06 bits per heavy atom. The van der Waals surface area contributed by atoms with Crippen LogP contribution in [0.4, 0.5) is 0 Å². The third-order valence-corrected chi connectivity index (χ3v) is 4.80. The maximum absolute atomic E-state index is 3.64. The van der Waals surface area contributed by atoms with Crippen LogP contribution in [0.15, 0.2) is 28.7 Å². The summed E-state index contributed by atoms with van der Waals surface area (Å²) in [6, 6.07) is 9.41. The molecule has 0 radical (unpaired) electrons. The maximum Gasteiger partial charge on any atom is 0.0246 e. The lowest BCUT2D eigenvalue weighted by molar-refractivity contribution is 0.0992. The molecule has 0 amide bonds. The van der Waals surface area contributed by atoms with Gasteiger partial charge in [-0.1, -0.05) is 34.1 Å². The normalized spacial score (nSPS) is 26.1. The van der Waals surface area contributed by atoms with Crippen molar-refractivity contribution in [2.75, 3.05) is 26.2 Å². The summed E-state index contributed by atoms with van der Waals surface area (Å²) in [7, 11) is 0. The van der Waals surface area contributed by atoms with Gasteiger partial charge in [0.1, 0.15) is 0 Å². The van der Waals surface area contributed by atoms with E-state index in [2.05, 4.69) is 50.0 Å². The van der Waals surface area contributed by atoms with Crippen molar-refractivity contribution in [3.63, 3.8) is 0 Å². The van der Waals surface area contributed by atoms with Gasteiger partial charge in [0.05, 0.1) is 0 Å². The summed E-state index contributed by atoms with van der Waals surface area (Å²) >= 11 is 3.64. The van der Waals surface area contributed by atoms with Crippen molar-refractivity contribution < 1.29 is 0 Å². The first-order chi connectivity index (χ1) is 8.33. The first-order valence-electron chi connectivity index (χ1n) is 6.53. The summed E-state index contributed by atoms with van der Waals surface area (Å²) in [5, 5.41) is 0. The molecule has 1 unspecified atom stereocenters. The number of rotatable bonds is 2.